The minimum absolute atomic E-state index is 0.0974. The first kappa shape index (κ1) is 11.9. The number of ether oxygens (including phenoxy) is 1. The summed E-state index contributed by atoms with van der Waals surface area (Å²) in [6.45, 7) is 0.388. The van der Waals surface area contributed by atoms with Crippen LogP contribution in [0.1, 0.15) is 22.2 Å². The molecule has 0 fully saturated rings. The van der Waals surface area contributed by atoms with Crippen molar-refractivity contribution in [3.8, 4) is 0 Å². The molecule has 2 aromatic heterocycles. The Morgan fingerprint density at radius 2 is 2.47 bits per heavy atom. The van der Waals surface area contributed by atoms with Gasteiger partial charge in [0.05, 0.1) is 12.8 Å². The van der Waals surface area contributed by atoms with Gasteiger partial charge in [0.25, 0.3) is 5.91 Å². The summed E-state index contributed by atoms with van der Waals surface area (Å²) < 4.78 is 10.5. The summed E-state index contributed by atoms with van der Waals surface area (Å²) in [6.07, 6.45) is 1.33. The van der Waals surface area contributed by atoms with E-state index in [-0.39, 0.29) is 12.0 Å². The molecule has 0 bridgehead atoms. The molecule has 4 nitrogen and oxygen atoms in total. The van der Waals surface area contributed by atoms with Gasteiger partial charge in [-0.25, -0.2) is 0 Å². The molecule has 2 aromatic rings. The van der Waals surface area contributed by atoms with E-state index < -0.39 is 0 Å². The highest BCUT2D eigenvalue weighted by Gasteiger charge is 2.15. The van der Waals surface area contributed by atoms with Crippen molar-refractivity contribution in [3.05, 3.63) is 46.5 Å². The molecule has 0 aliphatic heterocycles. The van der Waals surface area contributed by atoms with Gasteiger partial charge in [-0.15, -0.1) is 0 Å². The minimum atomic E-state index is -0.257. The van der Waals surface area contributed by atoms with E-state index in [2.05, 4.69) is 5.32 Å². The van der Waals surface area contributed by atoms with Gasteiger partial charge in [0.2, 0.25) is 0 Å². The van der Waals surface area contributed by atoms with E-state index in [1.807, 2.05) is 16.8 Å². The number of amides is 1. The van der Waals surface area contributed by atoms with Crippen molar-refractivity contribution < 1.29 is 13.9 Å². The Labute approximate surface area is 103 Å². The fourth-order valence-corrected chi connectivity index (χ4v) is 2.09. The third kappa shape index (κ3) is 2.95. The molecule has 0 saturated heterocycles. The lowest BCUT2D eigenvalue weighted by atomic mass is 10.2. The smallest absolute Gasteiger partial charge is 0.252 e. The van der Waals surface area contributed by atoms with Gasteiger partial charge in [-0.3, -0.25) is 4.79 Å². The van der Waals surface area contributed by atoms with Crippen LogP contribution >= 0.6 is 11.3 Å². The fourth-order valence-electron chi connectivity index (χ4n) is 1.46. The molecule has 0 aromatic carbocycles. The zero-order valence-corrected chi connectivity index (χ0v) is 10.2. The van der Waals surface area contributed by atoms with E-state index in [4.69, 9.17) is 9.15 Å². The topological polar surface area (TPSA) is 51.5 Å². The zero-order valence-electron chi connectivity index (χ0n) is 9.38. The van der Waals surface area contributed by atoms with Crippen LogP contribution in [0.15, 0.2) is 39.6 Å². The SMILES string of the molecule is CO[C@H](CNC(=O)c1ccsc1)c1ccco1. The molecule has 1 atom stereocenters. The molecule has 90 valence electrons. The maximum absolute atomic E-state index is 11.7. The van der Waals surface area contributed by atoms with Crippen molar-refractivity contribution in [2.75, 3.05) is 13.7 Å². The molecule has 2 rings (SSSR count). The van der Waals surface area contributed by atoms with Gasteiger partial charge in [0.1, 0.15) is 11.9 Å². The van der Waals surface area contributed by atoms with E-state index in [1.165, 1.54) is 11.3 Å². The van der Waals surface area contributed by atoms with Crippen molar-refractivity contribution in [1.29, 1.82) is 0 Å². The predicted molar refractivity (Wildman–Crippen MR) is 65.1 cm³/mol. The summed E-state index contributed by atoms with van der Waals surface area (Å²) in [4.78, 5) is 11.7. The molecule has 0 aliphatic rings. The summed E-state index contributed by atoms with van der Waals surface area (Å²) in [7, 11) is 1.59. The van der Waals surface area contributed by atoms with E-state index >= 15 is 0 Å². The van der Waals surface area contributed by atoms with E-state index in [0.29, 0.717) is 17.9 Å². The number of methoxy groups -OCH3 is 1. The van der Waals surface area contributed by atoms with Crippen LogP contribution in [0.4, 0.5) is 0 Å². The van der Waals surface area contributed by atoms with Crippen LogP contribution in [-0.4, -0.2) is 19.6 Å². The third-order valence-corrected chi connectivity index (χ3v) is 3.06. The van der Waals surface area contributed by atoms with Gasteiger partial charge in [0.15, 0.2) is 0 Å². The van der Waals surface area contributed by atoms with Crippen molar-refractivity contribution in [2.24, 2.45) is 0 Å². The largest absolute Gasteiger partial charge is 0.467 e. The van der Waals surface area contributed by atoms with Crippen molar-refractivity contribution >= 4 is 17.2 Å². The molecular formula is C12H13NO3S. The first-order valence-corrected chi connectivity index (χ1v) is 6.12. The first-order valence-electron chi connectivity index (χ1n) is 5.18. The lowest BCUT2D eigenvalue weighted by Crippen LogP contribution is -2.28. The number of nitrogens with one attached hydrogen (secondary N) is 1. The summed E-state index contributed by atoms with van der Waals surface area (Å²) in [6, 6.07) is 5.40. The molecular weight excluding hydrogens is 238 g/mol. The van der Waals surface area contributed by atoms with Crippen LogP contribution in [0.3, 0.4) is 0 Å². The Hall–Kier alpha value is -1.59. The van der Waals surface area contributed by atoms with Gasteiger partial charge < -0.3 is 14.5 Å². The molecule has 0 aliphatic carbocycles. The monoisotopic (exact) mass is 251 g/mol. The zero-order chi connectivity index (χ0) is 12.1. The highest BCUT2D eigenvalue weighted by Crippen LogP contribution is 2.16. The summed E-state index contributed by atoms with van der Waals surface area (Å²) in [5, 5.41) is 6.49. The van der Waals surface area contributed by atoms with Crippen LogP contribution in [0.2, 0.25) is 0 Å². The van der Waals surface area contributed by atoms with Crippen LogP contribution in [-0.2, 0) is 4.74 Å². The van der Waals surface area contributed by atoms with E-state index in [1.54, 1.807) is 25.5 Å². The van der Waals surface area contributed by atoms with Gasteiger partial charge >= 0.3 is 0 Å². The Morgan fingerprint density at radius 1 is 1.59 bits per heavy atom. The molecule has 1 amide bonds. The second-order valence-corrected chi connectivity index (χ2v) is 4.24. The Balaban J connectivity index is 1.91. The number of carbonyl (C=O) groups is 1. The fraction of sp³-hybridized carbons (Fsp3) is 0.250. The summed E-state index contributed by atoms with van der Waals surface area (Å²) in [5.74, 6) is 0.609. The molecule has 2 heterocycles. The van der Waals surface area contributed by atoms with Gasteiger partial charge in [-0.05, 0) is 23.6 Å². The molecule has 1 N–H and O–H groups in total. The highest BCUT2D eigenvalue weighted by molar-refractivity contribution is 7.08. The van der Waals surface area contributed by atoms with Gasteiger partial charge in [-0.2, -0.15) is 11.3 Å². The molecule has 0 spiro atoms. The van der Waals surface area contributed by atoms with Crippen LogP contribution < -0.4 is 5.32 Å². The number of hydrogen-bond donors (Lipinski definition) is 1. The normalized spacial score (nSPS) is 12.3. The predicted octanol–water partition coefficient (Wildman–Crippen LogP) is 2.46. The van der Waals surface area contributed by atoms with Crippen molar-refractivity contribution in [3.63, 3.8) is 0 Å². The van der Waals surface area contributed by atoms with Crippen LogP contribution in [0, 0.1) is 0 Å². The Bertz CT molecular complexity index is 450. The van der Waals surface area contributed by atoms with Gasteiger partial charge in [-0.1, -0.05) is 0 Å². The number of rotatable bonds is 5. The Kier molecular flexibility index (Phi) is 3.95. The number of furan rings is 1. The lowest BCUT2D eigenvalue weighted by Gasteiger charge is -2.13. The number of hydrogen-bond acceptors (Lipinski definition) is 4. The average molecular weight is 251 g/mol. The maximum Gasteiger partial charge on any atom is 0.252 e. The first-order chi connectivity index (χ1) is 8.31. The summed E-state index contributed by atoms with van der Waals surface area (Å²) in [5.41, 5.74) is 0.671. The average Bonchev–Trinajstić information content (AvgIpc) is 3.02. The third-order valence-electron chi connectivity index (χ3n) is 2.38. The van der Waals surface area contributed by atoms with Crippen molar-refractivity contribution in [2.45, 2.75) is 6.10 Å². The van der Waals surface area contributed by atoms with E-state index in [0.717, 1.165) is 0 Å². The highest BCUT2D eigenvalue weighted by atomic mass is 32.1. The molecule has 0 radical (unpaired) electrons. The molecule has 17 heavy (non-hydrogen) atoms. The number of thiophene rings is 1. The maximum atomic E-state index is 11.7. The second kappa shape index (κ2) is 5.65. The lowest BCUT2D eigenvalue weighted by molar-refractivity contribution is 0.0738. The Morgan fingerprint density at radius 3 is 3.06 bits per heavy atom. The minimum Gasteiger partial charge on any atom is -0.467 e. The van der Waals surface area contributed by atoms with Gasteiger partial charge in [0, 0.05) is 18.1 Å². The molecule has 5 heteroatoms. The molecule has 0 unspecified atom stereocenters. The summed E-state index contributed by atoms with van der Waals surface area (Å²) >= 11 is 1.50. The second-order valence-electron chi connectivity index (χ2n) is 3.46. The quantitative estimate of drug-likeness (QED) is 0.888. The van der Waals surface area contributed by atoms with Crippen LogP contribution in [0.25, 0.3) is 0 Å². The van der Waals surface area contributed by atoms with Crippen molar-refractivity contribution in [1.82, 2.24) is 5.32 Å². The standard InChI is InChI=1S/C12H13NO3S/c1-15-11(10-3-2-5-16-10)7-13-12(14)9-4-6-17-8-9/h2-6,8,11H,7H2,1H3,(H,13,14)/t11-/m1/s1. The number of carbonyl (C=O) groups excluding carboxylic acids is 1. The molecule has 0 saturated carbocycles. The van der Waals surface area contributed by atoms with E-state index in [9.17, 15) is 4.79 Å². The van der Waals surface area contributed by atoms with Crippen LogP contribution in [0.5, 0.6) is 0 Å².